The van der Waals surface area contributed by atoms with Crippen LogP contribution in [0.4, 0.5) is 22.0 Å². The van der Waals surface area contributed by atoms with Gasteiger partial charge in [0.2, 0.25) is 0 Å². The van der Waals surface area contributed by atoms with Crippen LogP contribution in [0.25, 0.3) is 11.0 Å². The highest BCUT2D eigenvalue weighted by molar-refractivity contribution is 9.10. The van der Waals surface area contributed by atoms with Gasteiger partial charge in [0.05, 0.1) is 33.7 Å². The zero-order valence-corrected chi connectivity index (χ0v) is 16.8. The molecule has 1 aromatic heterocycles. The van der Waals surface area contributed by atoms with Gasteiger partial charge >= 0.3 is 12.2 Å². The normalized spacial score (nSPS) is 11.5. The van der Waals surface area contributed by atoms with Crippen LogP contribution < -0.4 is 5.69 Å². The third kappa shape index (κ3) is 3.61. The lowest BCUT2D eigenvalue weighted by Gasteiger charge is -2.11. The quantitative estimate of drug-likeness (QED) is 0.355. The summed E-state index contributed by atoms with van der Waals surface area (Å²) in [4.78, 5) is 25.3. The minimum atomic E-state index is -3.48. The Balaban J connectivity index is 2.43. The smallest absolute Gasteiger partial charge is 0.288 e. The number of nitriles is 1. The highest BCUT2D eigenvalue weighted by Crippen LogP contribution is 2.34. The number of hydrogen-bond donors (Lipinski definition) is 0. The number of rotatable bonds is 5. The van der Waals surface area contributed by atoms with Crippen LogP contribution in [0, 0.1) is 17.1 Å². The van der Waals surface area contributed by atoms with E-state index in [1.54, 1.807) is 6.07 Å². The Morgan fingerprint density at radius 3 is 2.47 bits per heavy atom. The molecule has 1 heterocycles. The molecule has 156 valence electrons. The topological polar surface area (TPSA) is 67.8 Å². The molecule has 0 aliphatic rings. The van der Waals surface area contributed by atoms with Gasteiger partial charge in [-0.2, -0.15) is 14.0 Å². The van der Waals surface area contributed by atoms with Gasteiger partial charge in [-0.15, -0.1) is 0 Å². The van der Waals surface area contributed by atoms with Gasteiger partial charge in [-0.3, -0.25) is 9.36 Å². The van der Waals surface area contributed by atoms with Gasteiger partial charge in [-0.05, 0) is 40.2 Å². The SMILES string of the molecule is N#Cc1c(C(=O)c2cc(F)ccc2Cl)c(Br)cc2c1n(C(F)F)c(=O)n2CC(F)F. The largest absolute Gasteiger partial charge is 0.333 e. The summed E-state index contributed by atoms with van der Waals surface area (Å²) in [6.45, 7) is -4.68. The van der Waals surface area contributed by atoms with E-state index in [0.717, 1.165) is 24.3 Å². The lowest BCUT2D eigenvalue weighted by Crippen LogP contribution is -2.27. The van der Waals surface area contributed by atoms with Crippen LogP contribution in [-0.4, -0.2) is 21.3 Å². The molecule has 0 spiro atoms. The molecule has 0 aliphatic carbocycles. The van der Waals surface area contributed by atoms with Crippen molar-refractivity contribution >= 4 is 44.3 Å². The molecular formula is C18H8BrClF5N3O2. The number of nitrogens with zero attached hydrogens (tertiary/aromatic N) is 3. The van der Waals surface area contributed by atoms with Crippen molar-refractivity contribution in [3.05, 3.63) is 66.8 Å². The van der Waals surface area contributed by atoms with E-state index in [9.17, 15) is 36.8 Å². The molecule has 0 aliphatic heterocycles. The Kier molecular flexibility index (Phi) is 6.01. The molecule has 0 bridgehead atoms. The maximum atomic E-state index is 13.6. The Morgan fingerprint density at radius 1 is 1.23 bits per heavy atom. The van der Waals surface area contributed by atoms with Gasteiger partial charge in [0, 0.05) is 10.0 Å². The molecule has 0 N–H and O–H groups in total. The van der Waals surface area contributed by atoms with Crippen LogP contribution in [0.3, 0.4) is 0 Å². The van der Waals surface area contributed by atoms with Crippen LogP contribution in [0.5, 0.6) is 0 Å². The minimum absolute atomic E-state index is 0.146. The number of fused-ring (bicyclic) bond motifs is 1. The molecule has 2 aromatic carbocycles. The first-order valence-corrected chi connectivity index (χ1v) is 9.19. The van der Waals surface area contributed by atoms with Crippen LogP contribution in [0.15, 0.2) is 33.5 Å². The molecule has 0 fully saturated rings. The van der Waals surface area contributed by atoms with Crippen molar-refractivity contribution in [3.63, 3.8) is 0 Å². The lowest BCUT2D eigenvalue weighted by atomic mass is 9.97. The van der Waals surface area contributed by atoms with Gasteiger partial charge in [0.1, 0.15) is 11.9 Å². The molecule has 0 unspecified atom stereocenters. The number of imidazole rings is 1. The fourth-order valence-electron chi connectivity index (χ4n) is 3.04. The third-order valence-corrected chi connectivity index (χ3v) is 5.18. The van der Waals surface area contributed by atoms with E-state index in [4.69, 9.17) is 11.6 Å². The number of carbonyl (C=O) groups excluding carboxylic acids is 1. The van der Waals surface area contributed by atoms with E-state index >= 15 is 0 Å². The molecule has 3 rings (SSSR count). The van der Waals surface area contributed by atoms with E-state index in [0.29, 0.717) is 4.57 Å². The second-order valence-electron chi connectivity index (χ2n) is 5.97. The fourth-order valence-corrected chi connectivity index (χ4v) is 3.84. The number of halogens is 7. The molecule has 5 nitrogen and oxygen atoms in total. The average molecular weight is 509 g/mol. The van der Waals surface area contributed by atoms with Gasteiger partial charge in [0.25, 0.3) is 6.43 Å². The number of aromatic nitrogens is 2. The van der Waals surface area contributed by atoms with E-state index in [1.165, 1.54) is 0 Å². The van der Waals surface area contributed by atoms with Crippen molar-refractivity contribution < 1.29 is 26.7 Å². The summed E-state index contributed by atoms with van der Waals surface area (Å²) in [5.41, 5.74) is -4.07. The number of carbonyl (C=O) groups is 1. The summed E-state index contributed by atoms with van der Waals surface area (Å²) < 4.78 is 66.7. The van der Waals surface area contributed by atoms with Gasteiger partial charge in [0.15, 0.2) is 5.78 Å². The fraction of sp³-hybridized carbons (Fsp3) is 0.167. The van der Waals surface area contributed by atoms with Crippen LogP contribution in [0.1, 0.15) is 28.0 Å². The summed E-state index contributed by atoms with van der Waals surface area (Å²) in [5, 5.41) is 9.43. The lowest BCUT2D eigenvalue weighted by molar-refractivity contribution is 0.0683. The van der Waals surface area contributed by atoms with E-state index < -0.39 is 59.0 Å². The van der Waals surface area contributed by atoms with Crippen LogP contribution in [0.2, 0.25) is 5.02 Å². The Labute approximate surface area is 178 Å². The van der Waals surface area contributed by atoms with Gasteiger partial charge in [-0.25, -0.2) is 22.5 Å². The summed E-state index contributed by atoms with van der Waals surface area (Å²) in [6, 6.07) is 5.45. The van der Waals surface area contributed by atoms with Crippen LogP contribution >= 0.6 is 27.5 Å². The number of benzene rings is 2. The molecular weight excluding hydrogens is 501 g/mol. The first-order valence-electron chi connectivity index (χ1n) is 8.01. The molecule has 12 heteroatoms. The van der Waals surface area contributed by atoms with Crippen molar-refractivity contribution in [2.24, 2.45) is 0 Å². The van der Waals surface area contributed by atoms with Crippen molar-refractivity contribution in [3.8, 4) is 6.07 Å². The molecule has 3 aromatic rings. The maximum absolute atomic E-state index is 13.6. The Hall–Kier alpha value is -2.71. The highest BCUT2D eigenvalue weighted by atomic mass is 79.9. The predicted octanol–water partition coefficient (Wildman–Crippen LogP) is 5.12. The molecule has 0 amide bonds. The number of hydrogen-bond acceptors (Lipinski definition) is 3. The highest BCUT2D eigenvalue weighted by Gasteiger charge is 2.29. The second kappa shape index (κ2) is 8.20. The molecule has 0 saturated heterocycles. The zero-order valence-electron chi connectivity index (χ0n) is 14.5. The number of alkyl halides is 4. The summed E-state index contributed by atoms with van der Waals surface area (Å²) in [5.74, 6) is -1.80. The van der Waals surface area contributed by atoms with E-state index in [2.05, 4.69) is 15.9 Å². The standard InChI is InChI=1S/C18H8BrClF5N3O2/c19-10-4-12-15(28(17(24)25)18(30)27(12)6-13(22)23)9(5-26)14(10)16(29)8-3-7(21)1-2-11(8)20/h1-4,13,17H,6H2. The minimum Gasteiger partial charge on any atom is -0.288 e. The Bertz CT molecular complexity index is 1280. The summed E-state index contributed by atoms with van der Waals surface area (Å²) in [6.07, 6.45) is -3.05. The first kappa shape index (κ1) is 22.0. The Morgan fingerprint density at radius 2 is 1.90 bits per heavy atom. The number of ketones is 1. The van der Waals surface area contributed by atoms with Gasteiger partial charge in [-0.1, -0.05) is 11.6 Å². The predicted molar refractivity (Wildman–Crippen MR) is 101 cm³/mol. The van der Waals surface area contributed by atoms with Gasteiger partial charge < -0.3 is 0 Å². The maximum Gasteiger partial charge on any atom is 0.333 e. The van der Waals surface area contributed by atoms with Crippen LogP contribution in [-0.2, 0) is 6.54 Å². The van der Waals surface area contributed by atoms with Crippen molar-refractivity contribution in [1.82, 2.24) is 9.13 Å². The van der Waals surface area contributed by atoms with E-state index in [1.807, 2.05) is 0 Å². The zero-order chi connectivity index (χ0) is 22.3. The molecule has 30 heavy (non-hydrogen) atoms. The van der Waals surface area contributed by atoms with Crippen molar-refractivity contribution in [2.45, 2.75) is 19.5 Å². The third-order valence-electron chi connectivity index (χ3n) is 4.23. The van der Waals surface area contributed by atoms with Crippen molar-refractivity contribution in [1.29, 1.82) is 5.26 Å². The molecule has 0 atom stereocenters. The first-order chi connectivity index (χ1) is 14.1. The molecule has 0 radical (unpaired) electrons. The summed E-state index contributed by atoms with van der Waals surface area (Å²) >= 11 is 8.94. The second-order valence-corrected chi connectivity index (χ2v) is 7.23. The molecule has 0 saturated carbocycles. The van der Waals surface area contributed by atoms with E-state index in [-0.39, 0.29) is 19.6 Å². The average Bonchev–Trinajstić information content (AvgIpc) is 2.93. The van der Waals surface area contributed by atoms with Crippen molar-refractivity contribution in [2.75, 3.05) is 0 Å². The summed E-state index contributed by atoms with van der Waals surface area (Å²) in [7, 11) is 0. The monoisotopic (exact) mass is 507 g/mol.